The molecule has 1 N–H and O–H groups in total. The number of hydrogen-bond acceptors (Lipinski definition) is 3. The Balaban J connectivity index is 1.47. The molecule has 5 heteroatoms. The van der Waals surface area contributed by atoms with Crippen LogP contribution in [-0.2, 0) is 17.8 Å². The van der Waals surface area contributed by atoms with E-state index in [9.17, 15) is 9.18 Å². The molecule has 2 aliphatic heterocycles. The molecule has 1 spiro atoms. The number of halogens is 1. The van der Waals surface area contributed by atoms with Gasteiger partial charge in [-0.05, 0) is 86.9 Å². The van der Waals surface area contributed by atoms with E-state index >= 15 is 0 Å². The lowest BCUT2D eigenvalue weighted by atomic mass is 9.73. The highest BCUT2D eigenvalue weighted by atomic mass is 19.1. The lowest BCUT2D eigenvalue weighted by molar-refractivity contribution is -0.136. The summed E-state index contributed by atoms with van der Waals surface area (Å²) in [7, 11) is 0. The average molecular weight is 467 g/mol. The van der Waals surface area contributed by atoms with Crippen molar-refractivity contribution in [1.82, 2.24) is 10.2 Å². The number of carbonyl (C=O) groups is 1. The highest BCUT2D eigenvalue weighted by molar-refractivity contribution is 5.83. The van der Waals surface area contributed by atoms with Gasteiger partial charge in [0.05, 0.1) is 11.5 Å². The van der Waals surface area contributed by atoms with Gasteiger partial charge < -0.3 is 10.1 Å². The zero-order valence-corrected chi connectivity index (χ0v) is 20.7. The van der Waals surface area contributed by atoms with Crippen molar-refractivity contribution >= 4 is 5.91 Å². The van der Waals surface area contributed by atoms with Crippen LogP contribution in [0.3, 0.4) is 0 Å². The minimum absolute atomic E-state index is 0.00202. The molecule has 2 aromatic carbocycles. The van der Waals surface area contributed by atoms with Crippen LogP contribution in [0.5, 0.6) is 5.75 Å². The summed E-state index contributed by atoms with van der Waals surface area (Å²) in [4.78, 5) is 16.1. The maximum absolute atomic E-state index is 13.7. The Bertz CT molecular complexity index is 953. The van der Waals surface area contributed by atoms with Crippen molar-refractivity contribution in [2.24, 2.45) is 11.3 Å². The summed E-state index contributed by atoms with van der Waals surface area (Å²) < 4.78 is 19.9. The lowest BCUT2D eigenvalue weighted by Gasteiger charge is -2.42. The number of aryl methyl sites for hydroxylation is 1. The molecule has 0 radical (unpaired) electrons. The molecule has 1 amide bonds. The summed E-state index contributed by atoms with van der Waals surface area (Å²) in [5.41, 5.74) is 1.93. The predicted molar refractivity (Wildman–Crippen MR) is 134 cm³/mol. The van der Waals surface area contributed by atoms with Crippen LogP contribution in [0.4, 0.5) is 4.39 Å². The molecule has 1 atom stereocenters. The molecular weight excluding hydrogens is 427 g/mol. The Morgan fingerprint density at radius 3 is 2.65 bits per heavy atom. The van der Waals surface area contributed by atoms with Crippen LogP contribution in [0.25, 0.3) is 0 Å². The lowest BCUT2D eigenvalue weighted by Crippen LogP contribution is -2.52. The summed E-state index contributed by atoms with van der Waals surface area (Å²) in [5.74, 6) is 1.43. The van der Waals surface area contributed by atoms with E-state index in [1.165, 1.54) is 11.6 Å². The predicted octanol–water partition coefficient (Wildman–Crippen LogP) is 5.74. The van der Waals surface area contributed by atoms with Crippen molar-refractivity contribution in [1.29, 1.82) is 0 Å². The second-order valence-corrected chi connectivity index (χ2v) is 10.6. The molecule has 0 bridgehead atoms. The van der Waals surface area contributed by atoms with Gasteiger partial charge >= 0.3 is 0 Å². The SMILES string of the molecule is CC(C)C[C@H]1COc2ccccc2CCCCC2(CCN(Cc3cccc(F)c3)CC2)C(=O)N1. The molecule has 1 fully saturated rings. The van der Waals surface area contributed by atoms with Crippen LogP contribution in [0, 0.1) is 17.2 Å². The number of fused-ring (bicyclic) bond motifs is 1. The summed E-state index contributed by atoms with van der Waals surface area (Å²) in [6.07, 6.45) is 6.58. The second-order valence-electron chi connectivity index (χ2n) is 10.6. The number of para-hydroxylation sites is 1. The van der Waals surface area contributed by atoms with Gasteiger partial charge in [0.2, 0.25) is 5.91 Å². The van der Waals surface area contributed by atoms with Gasteiger partial charge in [-0.25, -0.2) is 4.39 Å². The maximum Gasteiger partial charge on any atom is 0.226 e. The van der Waals surface area contributed by atoms with Gasteiger partial charge in [0.25, 0.3) is 0 Å². The molecule has 1 saturated heterocycles. The molecule has 2 aliphatic rings. The van der Waals surface area contributed by atoms with Gasteiger partial charge in [-0.15, -0.1) is 0 Å². The molecule has 0 unspecified atom stereocenters. The molecule has 4 rings (SSSR count). The normalized spacial score (nSPS) is 21.8. The van der Waals surface area contributed by atoms with E-state index in [4.69, 9.17) is 4.74 Å². The topological polar surface area (TPSA) is 41.6 Å². The number of benzene rings is 2. The van der Waals surface area contributed by atoms with Crippen LogP contribution in [0.2, 0.25) is 0 Å². The molecule has 0 aromatic heterocycles. The zero-order valence-electron chi connectivity index (χ0n) is 20.7. The highest BCUT2D eigenvalue weighted by Crippen LogP contribution is 2.38. The zero-order chi connectivity index (χ0) is 24.0. The highest BCUT2D eigenvalue weighted by Gasteiger charge is 2.41. The van der Waals surface area contributed by atoms with Crippen LogP contribution in [-0.4, -0.2) is 36.5 Å². The van der Waals surface area contributed by atoms with E-state index in [0.717, 1.165) is 75.9 Å². The molecule has 4 nitrogen and oxygen atoms in total. The monoisotopic (exact) mass is 466 g/mol. The first kappa shape index (κ1) is 24.7. The van der Waals surface area contributed by atoms with Gasteiger partial charge in [-0.1, -0.05) is 50.6 Å². The van der Waals surface area contributed by atoms with E-state index in [-0.39, 0.29) is 23.2 Å². The van der Waals surface area contributed by atoms with E-state index in [1.807, 2.05) is 18.2 Å². The third kappa shape index (κ3) is 6.38. The van der Waals surface area contributed by atoms with Gasteiger partial charge in [-0.2, -0.15) is 0 Å². The van der Waals surface area contributed by atoms with E-state index < -0.39 is 0 Å². The van der Waals surface area contributed by atoms with Crippen LogP contribution < -0.4 is 10.1 Å². The van der Waals surface area contributed by atoms with E-state index in [1.54, 1.807) is 12.1 Å². The van der Waals surface area contributed by atoms with Crippen molar-refractivity contribution in [2.75, 3.05) is 19.7 Å². The molecular formula is C29H39FN2O2. The van der Waals surface area contributed by atoms with Gasteiger partial charge in [0.1, 0.15) is 18.2 Å². The first-order chi connectivity index (χ1) is 16.4. The van der Waals surface area contributed by atoms with Crippen molar-refractivity contribution in [3.8, 4) is 5.75 Å². The van der Waals surface area contributed by atoms with Gasteiger partial charge in [0, 0.05) is 6.54 Å². The minimum Gasteiger partial charge on any atom is -0.491 e. The Morgan fingerprint density at radius 1 is 1.09 bits per heavy atom. The van der Waals surface area contributed by atoms with Crippen LogP contribution >= 0.6 is 0 Å². The second kappa shape index (κ2) is 11.4. The number of nitrogens with one attached hydrogen (secondary N) is 1. The van der Waals surface area contributed by atoms with E-state index in [2.05, 4.69) is 36.2 Å². The van der Waals surface area contributed by atoms with Crippen molar-refractivity contribution in [3.05, 3.63) is 65.5 Å². The summed E-state index contributed by atoms with van der Waals surface area (Å²) in [6.45, 7) is 7.34. The largest absolute Gasteiger partial charge is 0.491 e. The number of nitrogens with zero attached hydrogens (tertiary/aromatic N) is 1. The molecule has 0 aliphatic carbocycles. The fourth-order valence-electron chi connectivity index (χ4n) is 5.52. The number of ether oxygens (including phenoxy) is 1. The maximum atomic E-state index is 13.7. The molecule has 2 aromatic rings. The van der Waals surface area contributed by atoms with E-state index in [0.29, 0.717) is 12.5 Å². The number of piperidine rings is 1. The number of likely N-dealkylation sites (tertiary alicyclic amines) is 1. The van der Waals surface area contributed by atoms with Gasteiger partial charge in [-0.3, -0.25) is 9.69 Å². The minimum atomic E-state index is -0.327. The summed E-state index contributed by atoms with van der Waals surface area (Å²) in [5, 5.41) is 3.40. The summed E-state index contributed by atoms with van der Waals surface area (Å²) in [6, 6.07) is 15.2. The first-order valence-electron chi connectivity index (χ1n) is 12.9. The Hall–Kier alpha value is -2.40. The Kier molecular flexibility index (Phi) is 8.25. The van der Waals surface area contributed by atoms with Gasteiger partial charge in [0.15, 0.2) is 0 Å². The third-order valence-electron chi connectivity index (χ3n) is 7.45. The first-order valence-corrected chi connectivity index (χ1v) is 12.9. The van der Waals surface area contributed by atoms with Crippen LogP contribution in [0.1, 0.15) is 63.5 Å². The van der Waals surface area contributed by atoms with Crippen molar-refractivity contribution in [3.63, 3.8) is 0 Å². The fraction of sp³-hybridized carbons (Fsp3) is 0.552. The smallest absolute Gasteiger partial charge is 0.226 e. The summed E-state index contributed by atoms with van der Waals surface area (Å²) >= 11 is 0. The number of carbonyl (C=O) groups excluding carboxylic acids is 1. The van der Waals surface area contributed by atoms with Crippen LogP contribution in [0.15, 0.2) is 48.5 Å². The quantitative estimate of drug-likeness (QED) is 0.624. The van der Waals surface area contributed by atoms with Crippen molar-refractivity contribution < 1.29 is 13.9 Å². The number of amides is 1. The molecule has 184 valence electrons. The molecule has 34 heavy (non-hydrogen) atoms. The number of rotatable bonds is 4. The Morgan fingerprint density at radius 2 is 1.88 bits per heavy atom. The third-order valence-corrected chi connectivity index (χ3v) is 7.45. The average Bonchev–Trinajstić information content (AvgIpc) is 2.81. The Labute approximate surface area is 203 Å². The molecule has 0 saturated carbocycles. The fourth-order valence-corrected chi connectivity index (χ4v) is 5.52. The molecule has 2 heterocycles. The standard InChI is InChI=1S/C29H39FN2O2/c1-22(2)18-26-21-34-27-12-4-3-9-24(27)10-5-6-13-29(28(33)31-26)14-16-32(17-15-29)20-23-8-7-11-25(30)19-23/h3-4,7-9,11-12,19,22,26H,5-6,10,13-18,20-21H2,1-2H3,(H,31,33)/t26-/m0/s1. The number of hydrogen-bond donors (Lipinski definition) is 1. The van der Waals surface area contributed by atoms with Crippen molar-refractivity contribution in [2.45, 2.75) is 71.4 Å².